The van der Waals surface area contributed by atoms with Crippen LogP contribution in [0.25, 0.3) is 0 Å². The number of amides is 1. The van der Waals surface area contributed by atoms with Gasteiger partial charge in [-0.25, -0.2) is 9.97 Å². The van der Waals surface area contributed by atoms with Crippen LogP contribution in [0.2, 0.25) is 0 Å². The van der Waals surface area contributed by atoms with Crippen LogP contribution in [-0.2, 0) is 9.53 Å². The maximum atomic E-state index is 12.2. The third-order valence-corrected chi connectivity index (χ3v) is 4.74. The quantitative estimate of drug-likeness (QED) is 0.915. The second kappa shape index (κ2) is 7.73. The monoisotopic (exact) mass is 318 g/mol. The van der Waals surface area contributed by atoms with Gasteiger partial charge in [0.05, 0.1) is 0 Å². The van der Waals surface area contributed by atoms with Crippen LogP contribution in [0.1, 0.15) is 37.8 Å². The summed E-state index contributed by atoms with van der Waals surface area (Å²) in [5.74, 6) is 1.48. The topological polar surface area (TPSA) is 67.4 Å². The summed E-state index contributed by atoms with van der Waals surface area (Å²) in [5.41, 5.74) is 0.993. The van der Waals surface area contributed by atoms with Crippen molar-refractivity contribution < 1.29 is 9.53 Å². The molecule has 2 saturated heterocycles. The maximum absolute atomic E-state index is 12.2. The molecular weight excluding hydrogens is 292 g/mol. The molecule has 2 aliphatic heterocycles. The minimum absolute atomic E-state index is 0.196. The summed E-state index contributed by atoms with van der Waals surface area (Å²) in [6.07, 6.45) is 6.38. The van der Waals surface area contributed by atoms with Crippen molar-refractivity contribution in [1.82, 2.24) is 15.3 Å². The van der Waals surface area contributed by atoms with Crippen LogP contribution in [0.5, 0.6) is 0 Å². The SMILES string of the molecule is Cc1ccnc(N2CCC(CC(=O)NC3CCOCC3)CC2)n1. The predicted molar refractivity (Wildman–Crippen MR) is 88.3 cm³/mol. The van der Waals surface area contributed by atoms with E-state index >= 15 is 0 Å². The first-order valence-corrected chi connectivity index (χ1v) is 8.62. The lowest BCUT2D eigenvalue weighted by Crippen LogP contribution is -2.41. The van der Waals surface area contributed by atoms with Gasteiger partial charge in [0, 0.05) is 50.7 Å². The zero-order valence-corrected chi connectivity index (χ0v) is 13.8. The van der Waals surface area contributed by atoms with Crippen LogP contribution in [-0.4, -0.2) is 48.2 Å². The third-order valence-electron chi connectivity index (χ3n) is 4.74. The molecule has 6 heteroatoms. The largest absolute Gasteiger partial charge is 0.381 e. The van der Waals surface area contributed by atoms with Crippen molar-refractivity contribution in [2.24, 2.45) is 5.92 Å². The summed E-state index contributed by atoms with van der Waals surface area (Å²) in [5, 5.41) is 3.16. The molecule has 0 atom stereocenters. The number of rotatable bonds is 4. The van der Waals surface area contributed by atoms with E-state index in [4.69, 9.17) is 4.74 Å². The molecule has 3 heterocycles. The lowest BCUT2D eigenvalue weighted by Gasteiger charge is -2.32. The Morgan fingerprint density at radius 3 is 2.74 bits per heavy atom. The molecule has 1 aromatic rings. The number of aryl methyl sites for hydroxylation is 1. The Morgan fingerprint density at radius 2 is 2.04 bits per heavy atom. The molecule has 2 fully saturated rings. The zero-order valence-electron chi connectivity index (χ0n) is 13.8. The summed E-state index contributed by atoms with van der Waals surface area (Å²) in [6.45, 7) is 5.37. The molecule has 0 saturated carbocycles. The van der Waals surface area contributed by atoms with Gasteiger partial charge in [-0.2, -0.15) is 0 Å². The Morgan fingerprint density at radius 1 is 1.30 bits per heavy atom. The van der Waals surface area contributed by atoms with Gasteiger partial charge in [-0.1, -0.05) is 0 Å². The Hall–Kier alpha value is -1.69. The van der Waals surface area contributed by atoms with Gasteiger partial charge < -0.3 is 15.0 Å². The highest BCUT2D eigenvalue weighted by Crippen LogP contribution is 2.23. The van der Waals surface area contributed by atoms with E-state index in [0.717, 1.165) is 63.6 Å². The number of anilines is 1. The zero-order chi connectivity index (χ0) is 16.1. The summed E-state index contributed by atoms with van der Waals surface area (Å²) in [7, 11) is 0. The van der Waals surface area contributed by atoms with E-state index < -0.39 is 0 Å². The summed E-state index contributed by atoms with van der Waals surface area (Å²) >= 11 is 0. The van der Waals surface area contributed by atoms with Gasteiger partial charge in [0.2, 0.25) is 11.9 Å². The van der Waals surface area contributed by atoms with Crippen molar-refractivity contribution in [3.63, 3.8) is 0 Å². The minimum atomic E-state index is 0.196. The van der Waals surface area contributed by atoms with Crippen molar-refractivity contribution in [1.29, 1.82) is 0 Å². The molecule has 2 aliphatic rings. The van der Waals surface area contributed by atoms with Crippen molar-refractivity contribution in [2.75, 3.05) is 31.2 Å². The van der Waals surface area contributed by atoms with Crippen molar-refractivity contribution in [3.8, 4) is 0 Å². The fourth-order valence-electron chi connectivity index (χ4n) is 3.32. The van der Waals surface area contributed by atoms with Gasteiger partial charge in [-0.15, -0.1) is 0 Å². The molecule has 0 aliphatic carbocycles. The Bertz CT molecular complexity index is 523. The average molecular weight is 318 g/mol. The van der Waals surface area contributed by atoms with E-state index in [9.17, 15) is 4.79 Å². The predicted octanol–water partition coefficient (Wildman–Crippen LogP) is 1.69. The second-order valence-corrected chi connectivity index (χ2v) is 6.59. The summed E-state index contributed by atoms with van der Waals surface area (Å²) < 4.78 is 5.32. The van der Waals surface area contributed by atoms with Crippen LogP contribution < -0.4 is 10.2 Å². The van der Waals surface area contributed by atoms with Crippen LogP contribution in [0.4, 0.5) is 5.95 Å². The molecule has 0 aromatic carbocycles. The van der Waals surface area contributed by atoms with Gasteiger partial charge in [-0.3, -0.25) is 4.79 Å². The van der Waals surface area contributed by atoms with E-state index in [2.05, 4.69) is 20.2 Å². The van der Waals surface area contributed by atoms with Gasteiger partial charge in [0.25, 0.3) is 0 Å². The number of carbonyl (C=O) groups excluding carboxylic acids is 1. The highest BCUT2D eigenvalue weighted by molar-refractivity contribution is 5.76. The van der Waals surface area contributed by atoms with E-state index in [1.807, 2.05) is 19.2 Å². The fourth-order valence-corrected chi connectivity index (χ4v) is 3.32. The van der Waals surface area contributed by atoms with Gasteiger partial charge in [0.15, 0.2) is 0 Å². The molecule has 0 radical (unpaired) electrons. The van der Waals surface area contributed by atoms with Crippen LogP contribution in [0, 0.1) is 12.8 Å². The number of hydrogen-bond donors (Lipinski definition) is 1. The molecule has 0 bridgehead atoms. The number of nitrogens with one attached hydrogen (secondary N) is 1. The number of piperidine rings is 1. The second-order valence-electron chi connectivity index (χ2n) is 6.59. The molecule has 1 amide bonds. The van der Waals surface area contributed by atoms with Crippen molar-refractivity contribution in [2.45, 2.75) is 45.1 Å². The molecule has 1 aromatic heterocycles. The standard InChI is InChI=1S/C17H26N4O2/c1-13-2-7-18-17(19-13)21-8-3-14(4-9-21)12-16(22)20-15-5-10-23-11-6-15/h2,7,14-15H,3-6,8-12H2,1H3,(H,20,22). The molecule has 0 spiro atoms. The normalized spacial score (nSPS) is 20.5. The van der Waals surface area contributed by atoms with Crippen LogP contribution >= 0.6 is 0 Å². The van der Waals surface area contributed by atoms with Gasteiger partial charge >= 0.3 is 0 Å². The molecular formula is C17H26N4O2. The number of ether oxygens (including phenoxy) is 1. The molecule has 1 N–H and O–H groups in total. The Labute approximate surface area is 137 Å². The van der Waals surface area contributed by atoms with Crippen molar-refractivity contribution >= 4 is 11.9 Å². The van der Waals surface area contributed by atoms with Crippen LogP contribution in [0.15, 0.2) is 12.3 Å². The lowest BCUT2D eigenvalue weighted by molar-refractivity contribution is -0.123. The molecule has 6 nitrogen and oxygen atoms in total. The molecule has 3 rings (SSSR count). The van der Waals surface area contributed by atoms with Crippen LogP contribution in [0.3, 0.4) is 0 Å². The summed E-state index contributed by atoms with van der Waals surface area (Å²) in [4.78, 5) is 23.2. The number of hydrogen-bond acceptors (Lipinski definition) is 5. The van der Waals surface area contributed by atoms with Gasteiger partial charge in [0.1, 0.15) is 0 Å². The van der Waals surface area contributed by atoms with E-state index in [-0.39, 0.29) is 5.91 Å². The Kier molecular flexibility index (Phi) is 5.43. The average Bonchev–Trinajstić information content (AvgIpc) is 2.56. The number of carbonyl (C=O) groups is 1. The van der Waals surface area contributed by atoms with Gasteiger partial charge in [-0.05, 0) is 44.6 Å². The minimum Gasteiger partial charge on any atom is -0.381 e. The first-order chi connectivity index (χ1) is 11.2. The first kappa shape index (κ1) is 16.2. The maximum Gasteiger partial charge on any atom is 0.225 e. The highest BCUT2D eigenvalue weighted by Gasteiger charge is 2.24. The number of nitrogens with zero attached hydrogens (tertiary/aromatic N) is 3. The third kappa shape index (κ3) is 4.64. The van der Waals surface area contributed by atoms with Crippen molar-refractivity contribution in [3.05, 3.63) is 18.0 Å². The lowest BCUT2D eigenvalue weighted by atomic mass is 9.93. The van der Waals surface area contributed by atoms with E-state index in [1.165, 1.54) is 0 Å². The smallest absolute Gasteiger partial charge is 0.225 e. The Balaban J connectivity index is 1.42. The number of aromatic nitrogens is 2. The molecule has 0 unspecified atom stereocenters. The highest BCUT2D eigenvalue weighted by atomic mass is 16.5. The van der Waals surface area contributed by atoms with E-state index in [0.29, 0.717) is 18.4 Å². The molecule has 126 valence electrons. The summed E-state index contributed by atoms with van der Waals surface area (Å²) in [6, 6.07) is 2.22. The first-order valence-electron chi connectivity index (χ1n) is 8.62. The fraction of sp³-hybridized carbons (Fsp3) is 0.706. The molecule has 23 heavy (non-hydrogen) atoms. The van der Waals surface area contributed by atoms with E-state index in [1.54, 1.807) is 0 Å².